The number of amides is 1. The highest BCUT2D eigenvalue weighted by Gasteiger charge is 2.16. The van der Waals surface area contributed by atoms with Gasteiger partial charge >= 0.3 is 0 Å². The Hall–Kier alpha value is -2.83. The molecule has 1 aliphatic rings. The van der Waals surface area contributed by atoms with Crippen molar-refractivity contribution in [2.75, 3.05) is 31.7 Å². The summed E-state index contributed by atoms with van der Waals surface area (Å²) >= 11 is 0. The minimum atomic E-state index is -0.195. The standard InChI is InChI=1S/C19H24N4O3/c1-14-11-15(22-19(21-14)23-9-3-4-10-23)12-20-18(24)13-26-17-7-5-16(25-2)6-8-17/h5-8,11H,3-4,9-10,12-13H2,1-2H3,(H,20,24). The van der Waals surface area contributed by atoms with Crippen molar-refractivity contribution < 1.29 is 14.3 Å². The van der Waals surface area contributed by atoms with Gasteiger partial charge in [-0.1, -0.05) is 0 Å². The van der Waals surface area contributed by atoms with Crippen molar-refractivity contribution in [1.82, 2.24) is 15.3 Å². The third-order valence-electron chi connectivity index (χ3n) is 4.18. The van der Waals surface area contributed by atoms with Gasteiger partial charge in [0.25, 0.3) is 5.91 Å². The summed E-state index contributed by atoms with van der Waals surface area (Å²) in [5.41, 5.74) is 1.71. The maximum absolute atomic E-state index is 12.0. The van der Waals surface area contributed by atoms with Gasteiger partial charge in [0.05, 0.1) is 19.3 Å². The largest absolute Gasteiger partial charge is 0.497 e. The predicted molar refractivity (Wildman–Crippen MR) is 98.6 cm³/mol. The second-order valence-corrected chi connectivity index (χ2v) is 6.24. The van der Waals surface area contributed by atoms with Gasteiger partial charge in [-0.25, -0.2) is 9.97 Å². The third kappa shape index (κ3) is 4.84. The molecule has 3 rings (SSSR count). The topological polar surface area (TPSA) is 76.6 Å². The fraction of sp³-hybridized carbons (Fsp3) is 0.421. The molecular weight excluding hydrogens is 332 g/mol. The fourth-order valence-electron chi connectivity index (χ4n) is 2.83. The summed E-state index contributed by atoms with van der Waals surface area (Å²) in [6.07, 6.45) is 2.35. The first-order valence-electron chi connectivity index (χ1n) is 8.77. The first-order chi connectivity index (χ1) is 12.6. The molecule has 1 amide bonds. The van der Waals surface area contributed by atoms with Crippen LogP contribution < -0.4 is 19.7 Å². The van der Waals surface area contributed by atoms with E-state index < -0.39 is 0 Å². The van der Waals surface area contributed by atoms with Crippen LogP contribution in [0.2, 0.25) is 0 Å². The molecule has 0 atom stereocenters. The van der Waals surface area contributed by atoms with E-state index in [0.717, 1.165) is 36.2 Å². The van der Waals surface area contributed by atoms with Crippen molar-refractivity contribution in [3.05, 3.63) is 41.7 Å². The third-order valence-corrected chi connectivity index (χ3v) is 4.18. The van der Waals surface area contributed by atoms with E-state index in [9.17, 15) is 4.79 Å². The van der Waals surface area contributed by atoms with E-state index in [0.29, 0.717) is 12.3 Å². The second-order valence-electron chi connectivity index (χ2n) is 6.24. The van der Waals surface area contributed by atoms with Gasteiger partial charge in [-0.15, -0.1) is 0 Å². The molecule has 0 aliphatic carbocycles. The van der Waals surface area contributed by atoms with E-state index in [2.05, 4.69) is 20.2 Å². The Kier molecular flexibility index (Phi) is 5.88. The normalized spacial score (nSPS) is 13.5. The molecule has 1 saturated heterocycles. The first kappa shape index (κ1) is 18.0. The summed E-state index contributed by atoms with van der Waals surface area (Å²) in [6.45, 7) is 4.24. The Balaban J connectivity index is 1.50. The highest BCUT2D eigenvalue weighted by Crippen LogP contribution is 2.17. The zero-order chi connectivity index (χ0) is 18.4. The van der Waals surface area contributed by atoms with Gasteiger partial charge in [-0.05, 0) is 50.1 Å². The van der Waals surface area contributed by atoms with Crippen LogP contribution >= 0.6 is 0 Å². The summed E-state index contributed by atoms with van der Waals surface area (Å²) in [6, 6.07) is 9.00. The average molecular weight is 356 g/mol. The van der Waals surface area contributed by atoms with Gasteiger partial charge in [0, 0.05) is 18.8 Å². The van der Waals surface area contributed by atoms with Crippen LogP contribution in [0, 0.1) is 6.92 Å². The number of hydrogen-bond donors (Lipinski definition) is 1. The summed E-state index contributed by atoms with van der Waals surface area (Å²) in [5.74, 6) is 1.92. The van der Waals surface area contributed by atoms with Crippen molar-refractivity contribution in [3.63, 3.8) is 0 Å². The molecule has 1 fully saturated rings. The lowest BCUT2D eigenvalue weighted by atomic mass is 10.3. The maximum atomic E-state index is 12.0. The molecule has 138 valence electrons. The van der Waals surface area contributed by atoms with Crippen LogP contribution in [0.4, 0.5) is 5.95 Å². The lowest BCUT2D eigenvalue weighted by Crippen LogP contribution is -2.29. The number of nitrogens with one attached hydrogen (secondary N) is 1. The van der Waals surface area contributed by atoms with Crippen LogP contribution in [0.25, 0.3) is 0 Å². The molecule has 1 aromatic carbocycles. The molecule has 7 heteroatoms. The Bertz CT molecular complexity index is 743. The lowest BCUT2D eigenvalue weighted by molar-refractivity contribution is -0.123. The number of ether oxygens (including phenoxy) is 2. The number of anilines is 1. The Morgan fingerprint density at radius 1 is 1.15 bits per heavy atom. The Morgan fingerprint density at radius 3 is 2.54 bits per heavy atom. The van der Waals surface area contributed by atoms with Crippen molar-refractivity contribution >= 4 is 11.9 Å². The molecule has 0 radical (unpaired) electrons. The van der Waals surface area contributed by atoms with Gasteiger partial charge in [-0.2, -0.15) is 0 Å². The van der Waals surface area contributed by atoms with E-state index in [1.165, 1.54) is 12.8 Å². The van der Waals surface area contributed by atoms with Crippen LogP contribution in [0.1, 0.15) is 24.2 Å². The highest BCUT2D eigenvalue weighted by molar-refractivity contribution is 5.77. The maximum Gasteiger partial charge on any atom is 0.258 e. The Morgan fingerprint density at radius 2 is 1.85 bits per heavy atom. The van der Waals surface area contributed by atoms with Crippen LogP contribution in [-0.4, -0.2) is 42.7 Å². The molecule has 7 nitrogen and oxygen atoms in total. The molecule has 1 N–H and O–H groups in total. The molecule has 0 bridgehead atoms. The molecule has 0 saturated carbocycles. The number of rotatable bonds is 7. The van der Waals surface area contributed by atoms with Crippen molar-refractivity contribution in [2.45, 2.75) is 26.3 Å². The second kappa shape index (κ2) is 8.51. The number of hydrogen-bond acceptors (Lipinski definition) is 6. The van der Waals surface area contributed by atoms with Gasteiger partial charge in [0.1, 0.15) is 11.5 Å². The zero-order valence-corrected chi connectivity index (χ0v) is 15.2. The smallest absolute Gasteiger partial charge is 0.258 e. The summed E-state index contributed by atoms with van der Waals surface area (Å²) < 4.78 is 10.6. The number of aryl methyl sites for hydroxylation is 1. The van der Waals surface area contributed by atoms with Gasteiger partial charge in [0.15, 0.2) is 6.61 Å². The zero-order valence-electron chi connectivity index (χ0n) is 15.2. The lowest BCUT2D eigenvalue weighted by Gasteiger charge is -2.16. The van der Waals surface area contributed by atoms with Crippen LogP contribution in [0.15, 0.2) is 30.3 Å². The summed E-state index contributed by atoms with van der Waals surface area (Å²) in [4.78, 5) is 23.3. The highest BCUT2D eigenvalue weighted by atomic mass is 16.5. The quantitative estimate of drug-likeness (QED) is 0.819. The monoisotopic (exact) mass is 356 g/mol. The predicted octanol–water partition coefficient (Wildman–Crippen LogP) is 2.09. The SMILES string of the molecule is COc1ccc(OCC(=O)NCc2cc(C)nc(N3CCCC3)n2)cc1. The van der Waals surface area contributed by atoms with E-state index in [4.69, 9.17) is 9.47 Å². The van der Waals surface area contributed by atoms with Crippen LogP contribution in [0.5, 0.6) is 11.5 Å². The van der Waals surface area contributed by atoms with Gasteiger partial charge < -0.3 is 19.7 Å². The van der Waals surface area contributed by atoms with E-state index >= 15 is 0 Å². The van der Waals surface area contributed by atoms with Gasteiger partial charge in [-0.3, -0.25) is 4.79 Å². The van der Waals surface area contributed by atoms with E-state index in [-0.39, 0.29) is 12.5 Å². The van der Waals surface area contributed by atoms with Crippen molar-refractivity contribution in [3.8, 4) is 11.5 Å². The number of nitrogens with zero attached hydrogens (tertiary/aromatic N) is 3. The van der Waals surface area contributed by atoms with Crippen molar-refractivity contribution in [1.29, 1.82) is 0 Å². The fourth-order valence-corrected chi connectivity index (χ4v) is 2.83. The summed E-state index contributed by atoms with van der Waals surface area (Å²) in [7, 11) is 1.60. The van der Waals surface area contributed by atoms with Gasteiger partial charge in [0.2, 0.25) is 5.95 Å². The number of benzene rings is 1. The molecule has 0 unspecified atom stereocenters. The number of carbonyl (C=O) groups is 1. The summed E-state index contributed by atoms with van der Waals surface area (Å²) in [5, 5.41) is 2.84. The molecule has 2 heterocycles. The molecular formula is C19H24N4O3. The average Bonchev–Trinajstić information content (AvgIpc) is 3.19. The number of methoxy groups -OCH3 is 1. The van der Waals surface area contributed by atoms with Crippen molar-refractivity contribution in [2.24, 2.45) is 0 Å². The van der Waals surface area contributed by atoms with E-state index in [1.807, 2.05) is 13.0 Å². The molecule has 0 spiro atoms. The van der Waals surface area contributed by atoms with Crippen LogP contribution in [-0.2, 0) is 11.3 Å². The molecule has 2 aromatic rings. The molecule has 1 aromatic heterocycles. The Labute approximate surface area is 153 Å². The number of carbonyl (C=O) groups excluding carboxylic acids is 1. The first-order valence-corrected chi connectivity index (χ1v) is 8.77. The van der Waals surface area contributed by atoms with E-state index in [1.54, 1.807) is 31.4 Å². The number of aromatic nitrogens is 2. The molecule has 26 heavy (non-hydrogen) atoms. The van der Waals surface area contributed by atoms with Crippen LogP contribution in [0.3, 0.4) is 0 Å². The minimum absolute atomic E-state index is 0.0463. The minimum Gasteiger partial charge on any atom is -0.497 e. The molecule has 1 aliphatic heterocycles.